The van der Waals surface area contributed by atoms with Crippen molar-refractivity contribution >= 4 is 31.8 Å². The highest BCUT2D eigenvalue weighted by Gasteiger charge is 2.25. The molecule has 8 aromatic rings. The minimum absolute atomic E-state index is 0.00783. The van der Waals surface area contributed by atoms with Crippen LogP contribution in [-0.4, -0.2) is 8.42 Å². The van der Waals surface area contributed by atoms with E-state index in [9.17, 15) is 8.42 Å². The molecule has 1 aliphatic heterocycles. The van der Waals surface area contributed by atoms with Crippen LogP contribution in [0.4, 0.5) is 0 Å². The second-order valence-electron chi connectivity index (χ2n) is 12.6. The maximum atomic E-state index is 13.5. The van der Waals surface area contributed by atoms with Gasteiger partial charge in [0.15, 0.2) is 9.84 Å². The van der Waals surface area contributed by atoms with Crippen LogP contribution in [0, 0.1) is 0 Å². The van der Waals surface area contributed by atoms with E-state index >= 15 is 0 Å². The molecule has 7 aromatic carbocycles. The predicted molar refractivity (Wildman–Crippen MR) is 197 cm³/mol. The Bertz CT molecular complexity index is 2560. The average Bonchev–Trinajstić information content (AvgIpc) is 3.46. The van der Waals surface area contributed by atoms with Crippen LogP contribution in [0.2, 0.25) is 0 Å². The molecular weight excluding hydrogens is 609 g/mol. The fourth-order valence-electron chi connectivity index (χ4n) is 7.20. The van der Waals surface area contributed by atoms with Gasteiger partial charge in [0.1, 0.15) is 11.2 Å². The van der Waals surface area contributed by atoms with Crippen molar-refractivity contribution < 1.29 is 12.8 Å². The molecule has 0 aliphatic carbocycles. The zero-order chi connectivity index (χ0) is 32.2. The number of para-hydroxylation sites is 1. The van der Waals surface area contributed by atoms with Crippen LogP contribution in [0.15, 0.2) is 162 Å². The van der Waals surface area contributed by atoms with Gasteiger partial charge in [-0.1, -0.05) is 115 Å². The summed E-state index contributed by atoms with van der Waals surface area (Å²) in [5.41, 5.74) is 13.9. The highest BCUT2D eigenvalue weighted by molar-refractivity contribution is 7.89. The summed E-state index contributed by atoms with van der Waals surface area (Å²) in [7, 11) is -3.39. The average molecular weight is 639 g/mol. The largest absolute Gasteiger partial charge is 0.456 e. The molecule has 0 saturated carbocycles. The van der Waals surface area contributed by atoms with Crippen LogP contribution in [0.5, 0.6) is 0 Å². The molecule has 0 spiro atoms. The third-order valence-electron chi connectivity index (χ3n) is 9.45. The fourth-order valence-corrected chi connectivity index (χ4v) is 8.75. The zero-order valence-electron chi connectivity index (χ0n) is 26.1. The van der Waals surface area contributed by atoms with E-state index in [0.29, 0.717) is 0 Å². The van der Waals surface area contributed by atoms with Crippen molar-refractivity contribution in [2.45, 2.75) is 11.5 Å². The van der Waals surface area contributed by atoms with Crippen molar-refractivity contribution in [2.75, 3.05) is 0 Å². The number of furan rings is 1. The zero-order valence-corrected chi connectivity index (χ0v) is 26.9. The summed E-state index contributed by atoms with van der Waals surface area (Å²) < 4.78 is 33.2. The molecule has 2 heterocycles. The first-order valence-corrected chi connectivity index (χ1v) is 17.9. The number of hydrogen-bond donors (Lipinski definition) is 0. The fraction of sp³-hybridized carbons (Fsp3) is 0.0455. The molecule has 1 aromatic heterocycles. The Morgan fingerprint density at radius 2 is 1.00 bits per heavy atom. The van der Waals surface area contributed by atoms with Crippen LogP contribution in [0.1, 0.15) is 11.1 Å². The maximum absolute atomic E-state index is 13.5. The van der Waals surface area contributed by atoms with Gasteiger partial charge in [0.2, 0.25) is 0 Å². The first kappa shape index (κ1) is 28.5. The first-order chi connectivity index (χ1) is 23.5. The van der Waals surface area contributed by atoms with E-state index in [-0.39, 0.29) is 11.5 Å². The number of sulfone groups is 1. The van der Waals surface area contributed by atoms with Crippen LogP contribution in [-0.2, 0) is 21.3 Å². The number of benzene rings is 7. The molecule has 1 aliphatic rings. The Morgan fingerprint density at radius 3 is 1.73 bits per heavy atom. The minimum atomic E-state index is -3.39. The lowest BCUT2D eigenvalue weighted by molar-refractivity contribution is 0.595. The highest BCUT2D eigenvalue weighted by Crippen LogP contribution is 2.42. The Kier molecular flexibility index (Phi) is 6.66. The van der Waals surface area contributed by atoms with E-state index in [4.69, 9.17) is 4.42 Å². The van der Waals surface area contributed by atoms with E-state index < -0.39 is 9.84 Å². The molecule has 0 bridgehead atoms. The van der Waals surface area contributed by atoms with Crippen molar-refractivity contribution in [1.29, 1.82) is 0 Å². The number of rotatable bonds is 4. The Labute approximate surface area is 279 Å². The Morgan fingerprint density at radius 1 is 0.396 bits per heavy atom. The molecule has 3 nitrogen and oxygen atoms in total. The van der Waals surface area contributed by atoms with Crippen molar-refractivity contribution in [3.8, 4) is 55.6 Å². The van der Waals surface area contributed by atoms with Crippen LogP contribution in [0.3, 0.4) is 0 Å². The molecule has 9 rings (SSSR count). The molecule has 0 saturated heterocycles. The lowest BCUT2D eigenvalue weighted by Gasteiger charge is -2.15. The van der Waals surface area contributed by atoms with E-state index in [2.05, 4.69) is 109 Å². The Balaban J connectivity index is 1.21. The lowest BCUT2D eigenvalue weighted by atomic mass is 9.89. The summed E-state index contributed by atoms with van der Waals surface area (Å²) in [4.78, 5) is 0. The van der Waals surface area contributed by atoms with Crippen molar-refractivity contribution in [1.82, 2.24) is 0 Å². The van der Waals surface area contributed by atoms with Gasteiger partial charge in [-0.3, -0.25) is 0 Å². The second kappa shape index (κ2) is 11.2. The van der Waals surface area contributed by atoms with Gasteiger partial charge in [0, 0.05) is 10.8 Å². The summed E-state index contributed by atoms with van der Waals surface area (Å²) in [6, 6.07) is 54.2. The van der Waals surface area contributed by atoms with Gasteiger partial charge in [-0.05, 0) is 109 Å². The molecule has 48 heavy (non-hydrogen) atoms. The topological polar surface area (TPSA) is 47.3 Å². The molecular formula is C44H30O3S. The quantitative estimate of drug-likeness (QED) is 0.193. The van der Waals surface area contributed by atoms with Crippen LogP contribution >= 0.6 is 0 Å². The predicted octanol–water partition coefficient (Wildman–Crippen LogP) is 11.3. The molecule has 0 unspecified atom stereocenters. The van der Waals surface area contributed by atoms with Crippen molar-refractivity contribution in [2.24, 2.45) is 0 Å². The number of fused-ring (bicyclic) bond motifs is 6. The van der Waals surface area contributed by atoms with E-state index in [0.717, 1.165) is 88.7 Å². The van der Waals surface area contributed by atoms with Gasteiger partial charge in [-0.2, -0.15) is 0 Å². The Hall–Kier alpha value is -5.71. The van der Waals surface area contributed by atoms with Gasteiger partial charge in [0.05, 0.1) is 11.5 Å². The summed E-state index contributed by atoms with van der Waals surface area (Å²) in [5, 5.41) is 2.09. The van der Waals surface area contributed by atoms with Gasteiger partial charge in [0.25, 0.3) is 0 Å². The first-order valence-electron chi connectivity index (χ1n) is 16.1. The molecule has 230 valence electrons. The molecule has 4 heteroatoms. The molecule has 0 N–H and O–H groups in total. The van der Waals surface area contributed by atoms with Crippen molar-refractivity contribution in [3.05, 3.63) is 169 Å². The number of hydrogen-bond acceptors (Lipinski definition) is 3. The minimum Gasteiger partial charge on any atom is -0.456 e. The summed E-state index contributed by atoms with van der Waals surface area (Å²) in [6.07, 6.45) is 0. The SMILES string of the molecule is O=S1(=O)Cc2cc(-c3cccc4oc5ccccc5c34)ccc2-c2cc(-c3cc(-c4ccccc4)cc(-c4ccccc4)c3)ccc2C1. The molecule has 0 radical (unpaired) electrons. The van der Waals surface area contributed by atoms with Crippen molar-refractivity contribution in [3.63, 3.8) is 0 Å². The van der Waals surface area contributed by atoms with Crippen LogP contribution in [0.25, 0.3) is 77.6 Å². The highest BCUT2D eigenvalue weighted by atomic mass is 32.2. The van der Waals surface area contributed by atoms with Gasteiger partial charge < -0.3 is 4.42 Å². The van der Waals surface area contributed by atoms with Gasteiger partial charge in [-0.25, -0.2) is 8.42 Å². The molecule has 0 atom stereocenters. The summed E-state index contributed by atoms with van der Waals surface area (Å²) in [5.74, 6) is -0.00214. The normalized spacial score (nSPS) is 13.6. The van der Waals surface area contributed by atoms with E-state index in [1.54, 1.807) is 0 Å². The third-order valence-corrected chi connectivity index (χ3v) is 11.0. The smallest absolute Gasteiger partial charge is 0.158 e. The maximum Gasteiger partial charge on any atom is 0.158 e. The molecule has 0 fully saturated rings. The monoisotopic (exact) mass is 638 g/mol. The summed E-state index contributed by atoms with van der Waals surface area (Å²) in [6.45, 7) is 0. The third kappa shape index (κ3) is 5.02. The standard InChI is InChI=1S/C44H30O3S/c45-48(46)27-33-19-18-31(36-24-34(29-10-3-1-4-11-29)23-35(25-36)30-12-5-2-6-13-30)26-41(33)38-21-20-32(22-37(38)28-48)39-15-9-17-43-44(39)40-14-7-8-16-42(40)47-43/h1-26H,27-28H2. The van der Waals surface area contributed by atoms with E-state index in [1.165, 1.54) is 0 Å². The summed E-state index contributed by atoms with van der Waals surface area (Å²) >= 11 is 0. The van der Waals surface area contributed by atoms with E-state index in [1.807, 2.05) is 48.5 Å². The van der Waals surface area contributed by atoms with Gasteiger partial charge in [-0.15, -0.1) is 0 Å². The van der Waals surface area contributed by atoms with Gasteiger partial charge >= 0.3 is 0 Å². The van der Waals surface area contributed by atoms with Crippen LogP contribution < -0.4 is 0 Å². The molecule has 0 amide bonds. The lowest BCUT2D eigenvalue weighted by Crippen LogP contribution is -2.05. The second-order valence-corrected chi connectivity index (χ2v) is 14.6.